The first-order valence-corrected chi connectivity index (χ1v) is 12.2. The number of nitro benzene ring substituents is 2. The number of halogens is 2. The van der Waals surface area contributed by atoms with Crippen LogP contribution in [0.5, 0.6) is 0 Å². The first-order chi connectivity index (χ1) is 16.2. The molecule has 12 heteroatoms. The fourth-order valence-corrected chi connectivity index (χ4v) is 5.74. The summed E-state index contributed by atoms with van der Waals surface area (Å²) in [4.78, 5) is 46.8. The van der Waals surface area contributed by atoms with Crippen LogP contribution in [0.3, 0.4) is 0 Å². The standard InChI is InChI=1S/C22H14Cl2N2O6S2/c23-17-5-3-15(25(29)30)11-13(17)1-7-19(27)21(22-33-9-10-34-22)20(28)8-2-14-12-16(26(31)32)4-6-18(14)24/h1-8,11-12H,9-10H2/b7-1+,8-2+. The third-order valence-corrected chi connectivity index (χ3v) is 7.86. The van der Waals surface area contributed by atoms with Crippen molar-refractivity contribution in [3.63, 3.8) is 0 Å². The number of thioether (sulfide) groups is 2. The smallest absolute Gasteiger partial charge is 0.270 e. The molecular formula is C22H14Cl2N2O6S2. The fourth-order valence-electron chi connectivity index (χ4n) is 2.82. The maximum atomic E-state index is 13.0. The van der Waals surface area contributed by atoms with E-state index in [9.17, 15) is 29.8 Å². The molecule has 0 spiro atoms. The normalized spacial score (nSPS) is 13.5. The van der Waals surface area contributed by atoms with Crippen LogP contribution in [0.15, 0.2) is 58.4 Å². The summed E-state index contributed by atoms with van der Waals surface area (Å²) in [5.74, 6) is 0.258. The molecule has 0 radical (unpaired) electrons. The maximum absolute atomic E-state index is 13.0. The van der Waals surface area contributed by atoms with Gasteiger partial charge in [-0.05, 0) is 47.6 Å². The van der Waals surface area contributed by atoms with Crippen molar-refractivity contribution in [3.8, 4) is 0 Å². The van der Waals surface area contributed by atoms with E-state index in [1.165, 1.54) is 72.1 Å². The average Bonchev–Trinajstić information content (AvgIpc) is 3.32. The van der Waals surface area contributed by atoms with Crippen LogP contribution in [0, 0.1) is 20.2 Å². The summed E-state index contributed by atoms with van der Waals surface area (Å²) in [6.45, 7) is 0. The number of nitro groups is 2. The molecule has 34 heavy (non-hydrogen) atoms. The van der Waals surface area contributed by atoms with Crippen molar-refractivity contribution in [1.29, 1.82) is 0 Å². The second kappa shape index (κ2) is 11.5. The lowest BCUT2D eigenvalue weighted by atomic mass is 10.0. The monoisotopic (exact) mass is 536 g/mol. The Morgan fingerprint density at radius 1 is 0.794 bits per heavy atom. The highest BCUT2D eigenvalue weighted by Gasteiger charge is 2.23. The zero-order chi connectivity index (χ0) is 24.8. The van der Waals surface area contributed by atoms with Crippen molar-refractivity contribution in [1.82, 2.24) is 0 Å². The third-order valence-electron chi connectivity index (χ3n) is 4.46. The van der Waals surface area contributed by atoms with E-state index in [0.29, 0.717) is 4.24 Å². The van der Waals surface area contributed by atoms with E-state index in [-0.39, 0.29) is 38.1 Å². The lowest BCUT2D eigenvalue weighted by Crippen LogP contribution is -2.10. The van der Waals surface area contributed by atoms with Crippen molar-refractivity contribution < 1.29 is 19.4 Å². The molecule has 8 nitrogen and oxygen atoms in total. The van der Waals surface area contributed by atoms with Gasteiger partial charge < -0.3 is 0 Å². The van der Waals surface area contributed by atoms with E-state index in [4.69, 9.17) is 23.2 Å². The van der Waals surface area contributed by atoms with Crippen molar-refractivity contribution >= 4 is 81.8 Å². The Kier molecular flexibility index (Phi) is 8.67. The zero-order valence-corrected chi connectivity index (χ0v) is 20.2. The largest absolute Gasteiger partial charge is 0.289 e. The molecule has 0 N–H and O–H groups in total. The Balaban J connectivity index is 1.91. The maximum Gasteiger partial charge on any atom is 0.270 e. The van der Waals surface area contributed by atoms with Gasteiger partial charge in [-0.2, -0.15) is 0 Å². The van der Waals surface area contributed by atoms with Gasteiger partial charge in [0.25, 0.3) is 11.4 Å². The molecule has 0 atom stereocenters. The number of carbonyl (C=O) groups is 2. The van der Waals surface area contributed by atoms with E-state index in [0.717, 1.165) is 23.7 Å². The van der Waals surface area contributed by atoms with Gasteiger partial charge in [0.15, 0.2) is 11.6 Å². The third kappa shape index (κ3) is 6.35. The zero-order valence-electron chi connectivity index (χ0n) is 17.1. The van der Waals surface area contributed by atoms with Crippen LogP contribution in [0.25, 0.3) is 12.2 Å². The van der Waals surface area contributed by atoms with Gasteiger partial charge in [0.1, 0.15) is 0 Å². The van der Waals surface area contributed by atoms with Crippen LogP contribution in [0.4, 0.5) is 11.4 Å². The first-order valence-electron chi connectivity index (χ1n) is 9.50. The summed E-state index contributed by atoms with van der Waals surface area (Å²) >= 11 is 14.9. The summed E-state index contributed by atoms with van der Waals surface area (Å²) in [5, 5.41) is 22.4. The summed E-state index contributed by atoms with van der Waals surface area (Å²) in [6, 6.07) is 7.64. The molecule has 1 heterocycles. The van der Waals surface area contributed by atoms with E-state index < -0.39 is 21.4 Å². The second-order valence-electron chi connectivity index (χ2n) is 6.68. The Morgan fingerprint density at radius 2 is 1.21 bits per heavy atom. The SMILES string of the molecule is O=C(/C=C/c1cc([N+](=O)[O-])ccc1Cl)C(C(=O)/C=C/c1cc([N+](=O)[O-])ccc1Cl)=C1SCCS1. The molecule has 0 amide bonds. The number of benzene rings is 2. The summed E-state index contributed by atoms with van der Waals surface area (Å²) in [7, 11) is 0. The Morgan fingerprint density at radius 3 is 1.59 bits per heavy atom. The molecule has 0 saturated carbocycles. The molecule has 1 saturated heterocycles. The molecule has 0 bridgehead atoms. The quantitative estimate of drug-likeness (QED) is 0.125. The van der Waals surface area contributed by atoms with Gasteiger partial charge in [-0.25, -0.2) is 0 Å². The fraction of sp³-hybridized carbons (Fsp3) is 0.0909. The predicted molar refractivity (Wildman–Crippen MR) is 136 cm³/mol. The van der Waals surface area contributed by atoms with E-state index >= 15 is 0 Å². The Bertz CT molecular complexity index is 1190. The van der Waals surface area contributed by atoms with Crippen LogP contribution in [-0.2, 0) is 9.59 Å². The molecule has 0 aromatic heterocycles. The van der Waals surface area contributed by atoms with Crippen LogP contribution in [0.2, 0.25) is 10.0 Å². The Hall–Kier alpha value is -2.92. The minimum absolute atomic E-state index is 0.0666. The molecule has 1 aliphatic rings. The van der Waals surface area contributed by atoms with E-state index in [2.05, 4.69) is 0 Å². The lowest BCUT2D eigenvalue weighted by Gasteiger charge is -2.05. The van der Waals surface area contributed by atoms with Crippen molar-refractivity contribution in [2.75, 3.05) is 11.5 Å². The Labute approximate surface area is 212 Å². The van der Waals surface area contributed by atoms with E-state index in [1.54, 1.807) is 0 Å². The molecule has 174 valence electrons. The predicted octanol–water partition coefficient (Wildman–Crippen LogP) is 6.37. The number of rotatable bonds is 8. The van der Waals surface area contributed by atoms with Gasteiger partial charge in [-0.1, -0.05) is 23.2 Å². The molecular weight excluding hydrogens is 523 g/mol. The highest BCUT2D eigenvalue weighted by Crippen LogP contribution is 2.39. The van der Waals surface area contributed by atoms with Gasteiger partial charge in [0.2, 0.25) is 0 Å². The molecule has 1 fully saturated rings. The van der Waals surface area contributed by atoms with Gasteiger partial charge in [0, 0.05) is 45.8 Å². The second-order valence-corrected chi connectivity index (χ2v) is 9.96. The van der Waals surface area contributed by atoms with Gasteiger partial charge in [0.05, 0.1) is 19.7 Å². The van der Waals surface area contributed by atoms with Crippen LogP contribution < -0.4 is 0 Å². The molecule has 2 aromatic rings. The minimum atomic E-state index is -0.598. The molecule has 0 aliphatic carbocycles. The summed E-state index contributed by atoms with van der Waals surface area (Å²) in [5.41, 5.74) is 0.0658. The molecule has 2 aromatic carbocycles. The molecule has 1 aliphatic heterocycles. The number of allylic oxidation sites excluding steroid dienone is 3. The number of ketones is 2. The number of non-ortho nitro benzene ring substituents is 2. The van der Waals surface area contributed by atoms with Gasteiger partial charge in [-0.3, -0.25) is 29.8 Å². The summed E-state index contributed by atoms with van der Waals surface area (Å²) in [6.07, 6.45) is 4.91. The molecule has 3 rings (SSSR count). The number of hydrogen-bond acceptors (Lipinski definition) is 8. The molecule has 0 unspecified atom stereocenters. The lowest BCUT2D eigenvalue weighted by molar-refractivity contribution is -0.385. The van der Waals surface area contributed by atoms with Crippen LogP contribution in [0.1, 0.15) is 11.1 Å². The number of nitrogens with zero attached hydrogens (tertiary/aromatic N) is 2. The minimum Gasteiger partial charge on any atom is -0.289 e. The van der Waals surface area contributed by atoms with Crippen molar-refractivity contribution in [3.05, 3.63) is 99.8 Å². The van der Waals surface area contributed by atoms with Gasteiger partial charge in [-0.15, -0.1) is 23.5 Å². The van der Waals surface area contributed by atoms with Crippen LogP contribution >= 0.6 is 46.7 Å². The topological polar surface area (TPSA) is 120 Å². The first kappa shape index (κ1) is 25.7. The average molecular weight is 537 g/mol. The van der Waals surface area contributed by atoms with Crippen molar-refractivity contribution in [2.24, 2.45) is 0 Å². The van der Waals surface area contributed by atoms with Gasteiger partial charge >= 0.3 is 0 Å². The number of hydrogen-bond donors (Lipinski definition) is 0. The summed E-state index contributed by atoms with van der Waals surface area (Å²) < 4.78 is 0.555. The van der Waals surface area contributed by atoms with Crippen LogP contribution in [-0.4, -0.2) is 32.9 Å². The van der Waals surface area contributed by atoms with E-state index in [1.807, 2.05) is 0 Å². The van der Waals surface area contributed by atoms with Crippen molar-refractivity contribution in [2.45, 2.75) is 0 Å². The highest BCUT2D eigenvalue weighted by atomic mass is 35.5. The number of carbonyl (C=O) groups excluding carboxylic acids is 2. The highest BCUT2D eigenvalue weighted by molar-refractivity contribution is 8.25.